The highest BCUT2D eigenvalue weighted by Crippen LogP contribution is 2.18. The van der Waals surface area contributed by atoms with E-state index in [4.69, 9.17) is 0 Å². The largest absolute Gasteiger partial charge is 0.351 e. The smallest absolute Gasteiger partial charge is 0.251 e. The zero-order valence-corrected chi connectivity index (χ0v) is 12.4. The number of hydrogen-bond donors (Lipinski definition) is 2. The van der Waals surface area contributed by atoms with E-state index in [1.165, 1.54) is 0 Å². The molecule has 0 aliphatic carbocycles. The van der Waals surface area contributed by atoms with Crippen LogP contribution in [0.4, 0.5) is 0 Å². The molecule has 5 nitrogen and oxygen atoms in total. The van der Waals surface area contributed by atoms with E-state index in [2.05, 4.69) is 10.6 Å². The molecule has 1 aromatic rings. The van der Waals surface area contributed by atoms with Gasteiger partial charge in [0.05, 0.1) is 5.75 Å². The van der Waals surface area contributed by atoms with Crippen LogP contribution in [0.2, 0.25) is 0 Å². The van der Waals surface area contributed by atoms with Crippen molar-refractivity contribution in [3.8, 4) is 0 Å². The number of hydrogen-bond acceptors (Lipinski definition) is 4. The van der Waals surface area contributed by atoms with Gasteiger partial charge in [0.1, 0.15) is 0 Å². The SMILES string of the molecule is CCS(=O)(=O)CCNC(=O)c1cccc2c1CCNC2. The molecule has 0 atom stereocenters. The van der Waals surface area contributed by atoms with Gasteiger partial charge < -0.3 is 10.6 Å². The first kappa shape index (κ1) is 15.0. The standard InChI is InChI=1S/C14H20N2O3S/c1-2-20(18,19)9-8-16-14(17)13-5-3-4-11-10-15-7-6-12(11)13/h3-5,15H,2,6-10H2,1H3,(H,16,17). The number of nitrogens with one attached hydrogen (secondary N) is 2. The topological polar surface area (TPSA) is 75.3 Å². The Labute approximate surface area is 119 Å². The Morgan fingerprint density at radius 1 is 1.40 bits per heavy atom. The third-order valence-electron chi connectivity index (χ3n) is 3.52. The Kier molecular flexibility index (Phi) is 4.77. The first-order chi connectivity index (χ1) is 9.53. The maximum atomic E-state index is 12.2. The van der Waals surface area contributed by atoms with Crippen LogP contribution >= 0.6 is 0 Å². The fourth-order valence-electron chi connectivity index (χ4n) is 2.30. The van der Waals surface area contributed by atoms with E-state index < -0.39 is 9.84 Å². The number of fused-ring (bicyclic) bond motifs is 1. The van der Waals surface area contributed by atoms with Crippen LogP contribution in [0.5, 0.6) is 0 Å². The minimum absolute atomic E-state index is 0.00812. The van der Waals surface area contributed by atoms with Gasteiger partial charge in [-0.1, -0.05) is 19.1 Å². The zero-order chi connectivity index (χ0) is 14.6. The predicted molar refractivity (Wildman–Crippen MR) is 78.5 cm³/mol. The molecular weight excluding hydrogens is 276 g/mol. The van der Waals surface area contributed by atoms with Crippen LogP contribution in [0, 0.1) is 0 Å². The first-order valence-corrected chi connectivity index (χ1v) is 8.66. The average Bonchev–Trinajstić information content (AvgIpc) is 2.46. The molecule has 0 radical (unpaired) electrons. The van der Waals surface area contributed by atoms with Crippen molar-refractivity contribution in [3.63, 3.8) is 0 Å². The summed E-state index contributed by atoms with van der Waals surface area (Å²) in [4.78, 5) is 12.2. The Morgan fingerprint density at radius 3 is 2.95 bits per heavy atom. The molecule has 1 heterocycles. The van der Waals surface area contributed by atoms with Crippen LogP contribution in [0.25, 0.3) is 0 Å². The van der Waals surface area contributed by atoms with Gasteiger partial charge in [-0.15, -0.1) is 0 Å². The molecule has 0 saturated heterocycles. The number of carbonyl (C=O) groups excluding carboxylic acids is 1. The fourth-order valence-corrected chi connectivity index (χ4v) is 3.01. The molecule has 1 aliphatic rings. The minimum atomic E-state index is -3.04. The molecule has 1 amide bonds. The monoisotopic (exact) mass is 296 g/mol. The summed E-state index contributed by atoms with van der Waals surface area (Å²) in [5, 5.41) is 5.97. The summed E-state index contributed by atoms with van der Waals surface area (Å²) in [6.07, 6.45) is 0.826. The Bertz CT molecular complexity index is 596. The summed E-state index contributed by atoms with van der Waals surface area (Å²) in [5.74, 6) is -0.0868. The van der Waals surface area contributed by atoms with Crippen LogP contribution in [0.15, 0.2) is 18.2 Å². The second kappa shape index (κ2) is 6.37. The number of benzene rings is 1. The highest BCUT2D eigenvalue weighted by Gasteiger charge is 2.17. The number of carbonyl (C=O) groups is 1. The van der Waals surface area contributed by atoms with Gasteiger partial charge in [-0.25, -0.2) is 8.42 Å². The maximum absolute atomic E-state index is 12.2. The van der Waals surface area contributed by atoms with Gasteiger partial charge in [-0.05, 0) is 30.2 Å². The quantitative estimate of drug-likeness (QED) is 0.829. The van der Waals surface area contributed by atoms with E-state index >= 15 is 0 Å². The Balaban J connectivity index is 2.03. The molecule has 0 bridgehead atoms. The van der Waals surface area contributed by atoms with Crippen LogP contribution in [0.3, 0.4) is 0 Å². The molecule has 0 unspecified atom stereocenters. The van der Waals surface area contributed by atoms with Gasteiger partial charge >= 0.3 is 0 Å². The van der Waals surface area contributed by atoms with E-state index in [0.717, 1.165) is 30.6 Å². The highest BCUT2D eigenvalue weighted by molar-refractivity contribution is 7.91. The van der Waals surface area contributed by atoms with E-state index in [1.54, 1.807) is 13.0 Å². The highest BCUT2D eigenvalue weighted by atomic mass is 32.2. The first-order valence-electron chi connectivity index (χ1n) is 6.83. The molecule has 6 heteroatoms. The predicted octanol–water partition coefficient (Wildman–Crippen LogP) is 0.497. The summed E-state index contributed by atoms with van der Waals surface area (Å²) < 4.78 is 22.8. The van der Waals surface area contributed by atoms with Gasteiger partial charge in [0, 0.05) is 24.4 Å². The summed E-state index contributed by atoms with van der Waals surface area (Å²) >= 11 is 0. The molecule has 0 fully saturated rings. The maximum Gasteiger partial charge on any atom is 0.251 e. The summed E-state index contributed by atoms with van der Waals surface area (Å²) in [6.45, 7) is 3.41. The molecule has 0 aromatic heterocycles. The van der Waals surface area contributed by atoms with E-state index in [0.29, 0.717) is 5.56 Å². The number of rotatable bonds is 5. The van der Waals surface area contributed by atoms with E-state index in [-0.39, 0.29) is 24.0 Å². The molecule has 20 heavy (non-hydrogen) atoms. The van der Waals surface area contributed by atoms with Gasteiger partial charge in [0.25, 0.3) is 5.91 Å². The lowest BCUT2D eigenvalue weighted by Gasteiger charge is -2.19. The zero-order valence-electron chi connectivity index (χ0n) is 11.6. The van der Waals surface area contributed by atoms with Crippen molar-refractivity contribution < 1.29 is 13.2 Å². The molecule has 0 spiro atoms. The van der Waals surface area contributed by atoms with Gasteiger partial charge in [0.2, 0.25) is 0 Å². The molecule has 1 aliphatic heterocycles. The summed E-state index contributed by atoms with van der Waals surface area (Å²) in [7, 11) is -3.04. The fraction of sp³-hybridized carbons (Fsp3) is 0.500. The lowest BCUT2D eigenvalue weighted by molar-refractivity contribution is 0.0955. The van der Waals surface area contributed by atoms with Gasteiger partial charge in [-0.3, -0.25) is 4.79 Å². The van der Waals surface area contributed by atoms with Crippen molar-refractivity contribution >= 4 is 15.7 Å². The lowest BCUT2D eigenvalue weighted by atomic mass is 9.95. The van der Waals surface area contributed by atoms with Crippen molar-refractivity contribution in [1.82, 2.24) is 10.6 Å². The second-order valence-corrected chi connectivity index (χ2v) is 7.34. The molecule has 2 rings (SSSR count). The van der Waals surface area contributed by atoms with Crippen molar-refractivity contribution in [2.45, 2.75) is 19.9 Å². The number of sulfone groups is 1. The summed E-state index contributed by atoms with van der Waals surface area (Å²) in [5.41, 5.74) is 2.88. The van der Waals surface area contributed by atoms with E-state index in [1.807, 2.05) is 12.1 Å². The van der Waals surface area contributed by atoms with Crippen LogP contribution < -0.4 is 10.6 Å². The van der Waals surface area contributed by atoms with Crippen molar-refractivity contribution in [2.24, 2.45) is 0 Å². The second-order valence-electron chi connectivity index (χ2n) is 4.86. The van der Waals surface area contributed by atoms with Gasteiger partial charge in [-0.2, -0.15) is 0 Å². The Morgan fingerprint density at radius 2 is 2.20 bits per heavy atom. The third-order valence-corrected chi connectivity index (χ3v) is 5.23. The molecule has 2 N–H and O–H groups in total. The van der Waals surface area contributed by atoms with Crippen LogP contribution in [-0.2, 0) is 22.8 Å². The normalized spacial score (nSPS) is 14.7. The Hall–Kier alpha value is -1.40. The molecular formula is C14H20N2O3S. The molecule has 0 saturated carbocycles. The average molecular weight is 296 g/mol. The third kappa shape index (κ3) is 3.58. The minimum Gasteiger partial charge on any atom is -0.351 e. The van der Waals surface area contributed by atoms with Crippen LogP contribution in [-0.4, -0.2) is 38.9 Å². The molecule has 110 valence electrons. The van der Waals surface area contributed by atoms with Crippen molar-refractivity contribution in [3.05, 3.63) is 34.9 Å². The molecule has 1 aromatic carbocycles. The number of amides is 1. The van der Waals surface area contributed by atoms with Crippen molar-refractivity contribution in [2.75, 3.05) is 24.6 Å². The van der Waals surface area contributed by atoms with E-state index in [9.17, 15) is 13.2 Å². The van der Waals surface area contributed by atoms with Crippen molar-refractivity contribution in [1.29, 1.82) is 0 Å². The lowest BCUT2D eigenvalue weighted by Crippen LogP contribution is -2.32. The van der Waals surface area contributed by atoms with Gasteiger partial charge in [0.15, 0.2) is 9.84 Å². The van der Waals surface area contributed by atoms with Crippen LogP contribution in [0.1, 0.15) is 28.4 Å². The summed E-state index contributed by atoms with van der Waals surface area (Å²) in [6, 6.07) is 5.68.